The Balaban J connectivity index is 1.67. The first kappa shape index (κ1) is 33.2. The van der Waals surface area contributed by atoms with Crippen molar-refractivity contribution < 1.29 is 48.3 Å². The van der Waals surface area contributed by atoms with Gasteiger partial charge in [-0.05, 0) is 47.2 Å². The molecule has 1 aliphatic carbocycles. The van der Waals surface area contributed by atoms with E-state index in [-0.39, 0.29) is 11.1 Å². The number of nitrogens with one attached hydrogen (secondary N) is 2. The maximum atomic E-state index is 13.9. The van der Waals surface area contributed by atoms with Crippen molar-refractivity contribution in [3.05, 3.63) is 103 Å². The number of aliphatic hydroxyl groups excluding tert-OH is 2. The van der Waals surface area contributed by atoms with E-state index < -0.39 is 82.0 Å². The average Bonchev–Trinajstić information content (AvgIpc) is 3.08. The lowest BCUT2D eigenvalue weighted by atomic mass is 9.76. The summed E-state index contributed by atoms with van der Waals surface area (Å²) < 4.78 is 19.9. The molecule has 0 saturated carbocycles. The molecule has 2 aromatic heterocycles. The maximum Gasteiger partial charge on any atom is 0.306 e. The molecule has 5 rings (SSSR count). The first-order valence-corrected chi connectivity index (χ1v) is 14.4. The number of methoxy groups -OCH3 is 4. The van der Waals surface area contributed by atoms with E-state index in [2.05, 4.69) is 9.97 Å². The molecule has 2 aromatic carbocycles. The van der Waals surface area contributed by atoms with Crippen LogP contribution >= 0.6 is 0 Å². The van der Waals surface area contributed by atoms with Gasteiger partial charge in [-0.15, -0.1) is 0 Å². The minimum atomic E-state index is -1.56. The van der Waals surface area contributed by atoms with E-state index in [0.29, 0.717) is 33.3 Å². The van der Waals surface area contributed by atoms with Gasteiger partial charge in [-0.3, -0.25) is 28.8 Å². The van der Waals surface area contributed by atoms with Crippen LogP contribution in [0.25, 0.3) is 21.8 Å². The Kier molecular flexibility index (Phi) is 9.18. The number of ether oxygens (including phenoxy) is 4. The number of fused-ring (bicyclic) bond motifs is 2. The Morgan fingerprint density at radius 3 is 1.33 bits per heavy atom. The summed E-state index contributed by atoms with van der Waals surface area (Å²) in [5.41, 5.74) is -2.68. The number of ketones is 2. The fourth-order valence-corrected chi connectivity index (χ4v) is 5.76. The summed E-state index contributed by atoms with van der Waals surface area (Å²) in [6.07, 6.45) is -1.36. The third-order valence-electron chi connectivity index (χ3n) is 8.24. The summed E-state index contributed by atoms with van der Waals surface area (Å²) in [6, 6.07) is 12.3. The van der Waals surface area contributed by atoms with Gasteiger partial charge in [0.05, 0.1) is 63.5 Å². The molecule has 4 N–H and O–H groups in total. The number of hydrogen-bond donors (Lipinski definition) is 4. The number of benzene rings is 2. The molecule has 248 valence electrons. The van der Waals surface area contributed by atoms with Crippen LogP contribution in [0.4, 0.5) is 0 Å². The Bertz CT molecular complexity index is 2030. The molecule has 2 heterocycles. The monoisotopic (exact) mass is 658 g/mol. The number of allylic oxidation sites excluding steroid dienone is 2. The smallest absolute Gasteiger partial charge is 0.306 e. The number of hydrogen-bond acceptors (Lipinski definition) is 12. The zero-order valence-corrected chi connectivity index (χ0v) is 26.2. The van der Waals surface area contributed by atoms with Crippen molar-refractivity contribution in [1.82, 2.24) is 9.97 Å². The number of rotatable bonds is 10. The number of Topliss-reactive ketones (excluding diaryl/α,β-unsaturated/α-hetero) is 2. The van der Waals surface area contributed by atoms with Crippen LogP contribution in [0.3, 0.4) is 0 Å². The zero-order chi connectivity index (χ0) is 34.9. The van der Waals surface area contributed by atoms with E-state index in [1.807, 2.05) is 0 Å². The third-order valence-corrected chi connectivity index (χ3v) is 8.24. The lowest BCUT2D eigenvalue weighted by molar-refractivity contribution is -0.142. The van der Waals surface area contributed by atoms with Crippen LogP contribution in [-0.2, 0) is 28.7 Å². The number of aliphatic hydroxyl groups is 2. The minimum Gasteiger partial charge on any atom is -0.504 e. The lowest BCUT2D eigenvalue weighted by Crippen LogP contribution is -2.34. The summed E-state index contributed by atoms with van der Waals surface area (Å²) in [5.74, 6) is -9.01. The lowest BCUT2D eigenvalue weighted by Gasteiger charge is -2.27. The van der Waals surface area contributed by atoms with Crippen LogP contribution < -0.4 is 20.6 Å². The predicted molar refractivity (Wildman–Crippen MR) is 170 cm³/mol. The second-order valence-corrected chi connectivity index (χ2v) is 10.9. The SMILES string of the molecule is COC(=O)C[C@H](C1=C(O)C(=O)C([C@@H](CC(=O)OC)c2cc3ccc(OC)cc3[nH]c2=O)=C(O)C1=O)c1cc2ccc(OC)cc2[nH]c1=O. The van der Waals surface area contributed by atoms with E-state index in [1.54, 1.807) is 36.4 Å². The van der Waals surface area contributed by atoms with E-state index in [0.717, 1.165) is 14.2 Å². The van der Waals surface area contributed by atoms with Gasteiger partial charge in [-0.2, -0.15) is 0 Å². The van der Waals surface area contributed by atoms with Gasteiger partial charge < -0.3 is 39.1 Å². The molecule has 0 fully saturated rings. The normalized spacial score (nSPS) is 14.7. The topological polar surface area (TPSA) is 211 Å². The van der Waals surface area contributed by atoms with Crippen molar-refractivity contribution in [2.24, 2.45) is 0 Å². The number of H-pyrrole nitrogens is 2. The molecule has 0 unspecified atom stereocenters. The number of carbonyl (C=O) groups is 4. The first-order valence-electron chi connectivity index (χ1n) is 14.4. The zero-order valence-electron chi connectivity index (χ0n) is 26.2. The number of esters is 2. The summed E-state index contributed by atoms with van der Waals surface area (Å²) in [6.45, 7) is 0. The van der Waals surface area contributed by atoms with E-state index in [4.69, 9.17) is 18.9 Å². The van der Waals surface area contributed by atoms with Crippen molar-refractivity contribution in [3.8, 4) is 11.5 Å². The van der Waals surface area contributed by atoms with Gasteiger partial charge in [0.15, 0.2) is 11.5 Å². The van der Waals surface area contributed by atoms with Crippen LogP contribution in [0.2, 0.25) is 0 Å². The predicted octanol–water partition coefficient (Wildman–Crippen LogP) is 3.16. The van der Waals surface area contributed by atoms with E-state index >= 15 is 0 Å². The Labute approximate surface area is 271 Å². The third kappa shape index (κ3) is 6.02. The molecule has 1 aliphatic rings. The Morgan fingerprint density at radius 1 is 0.625 bits per heavy atom. The molecular formula is C34H30N2O12. The van der Waals surface area contributed by atoms with Crippen molar-refractivity contribution in [2.75, 3.05) is 28.4 Å². The standard InChI is InChI=1S/C34H30N2O12/c1-45-17-7-5-15-9-21(33(43)35-23(15)11-17)19(13-25(37)47-3)27-29(39)31(41)28(32(42)30(27)40)20(14-26(38)48-4)22-10-16-6-8-18(46-2)12-24(16)36-34(22)44/h5-12,19-20,39,42H,13-14H2,1-4H3,(H,35,43)(H,36,44)/t19-,20-/m0/s1. The van der Waals surface area contributed by atoms with Crippen LogP contribution in [0.15, 0.2) is 80.8 Å². The first-order chi connectivity index (χ1) is 22.9. The van der Waals surface area contributed by atoms with E-state index in [1.165, 1.54) is 26.4 Å². The maximum absolute atomic E-state index is 13.9. The Morgan fingerprint density at radius 2 is 1.00 bits per heavy atom. The average molecular weight is 659 g/mol. The Hall–Kier alpha value is -6.18. The molecule has 2 atom stereocenters. The van der Waals surface area contributed by atoms with Gasteiger partial charge >= 0.3 is 11.9 Å². The summed E-state index contributed by atoms with van der Waals surface area (Å²) in [4.78, 5) is 84.9. The second kappa shape index (κ2) is 13.3. The molecule has 0 amide bonds. The molecule has 14 nitrogen and oxygen atoms in total. The number of pyridine rings is 2. The molecule has 0 bridgehead atoms. The number of aromatic nitrogens is 2. The summed E-state index contributed by atoms with van der Waals surface area (Å²) in [5, 5.41) is 23.6. The van der Waals surface area contributed by atoms with Gasteiger partial charge in [0.2, 0.25) is 11.6 Å². The molecule has 4 aromatic rings. The van der Waals surface area contributed by atoms with Crippen LogP contribution in [0.1, 0.15) is 35.8 Å². The number of carbonyl (C=O) groups excluding carboxylic acids is 4. The number of aromatic amines is 2. The van der Waals surface area contributed by atoms with Crippen molar-refractivity contribution >= 4 is 45.3 Å². The van der Waals surface area contributed by atoms with Crippen LogP contribution in [-0.4, -0.2) is 72.1 Å². The van der Waals surface area contributed by atoms with Crippen molar-refractivity contribution in [3.63, 3.8) is 0 Å². The van der Waals surface area contributed by atoms with Gasteiger partial charge in [-0.25, -0.2) is 0 Å². The summed E-state index contributed by atoms with van der Waals surface area (Å²) in [7, 11) is 5.03. The van der Waals surface area contributed by atoms with Gasteiger partial charge in [0.25, 0.3) is 11.1 Å². The molecule has 0 aliphatic heterocycles. The van der Waals surface area contributed by atoms with Crippen LogP contribution in [0, 0.1) is 0 Å². The highest BCUT2D eigenvalue weighted by atomic mass is 16.5. The second-order valence-electron chi connectivity index (χ2n) is 10.9. The van der Waals surface area contributed by atoms with Crippen LogP contribution in [0.5, 0.6) is 11.5 Å². The van der Waals surface area contributed by atoms with E-state index in [9.17, 15) is 39.0 Å². The van der Waals surface area contributed by atoms with Gasteiger partial charge in [0, 0.05) is 35.1 Å². The fraction of sp³-hybridized carbons (Fsp3) is 0.235. The van der Waals surface area contributed by atoms with Crippen molar-refractivity contribution in [2.45, 2.75) is 24.7 Å². The van der Waals surface area contributed by atoms with Gasteiger partial charge in [0.1, 0.15) is 11.5 Å². The highest BCUT2D eigenvalue weighted by molar-refractivity contribution is 6.24. The highest BCUT2D eigenvalue weighted by Crippen LogP contribution is 2.40. The summed E-state index contributed by atoms with van der Waals surface area (Å²) >= 11 is 0. The molecule has 14 heteroatoms. The molecule has 48 heavy (non-hydrogen) atoms. The van der Waals surface area contributed by atoms with Gasteiger partial charge in [-0.1, -0.05) is 0 Å². The molecule has 0 saturated heterocycles. The molecule has 0 spiro atoms. The molecule has 0 radical (unpaired) electrons. The molecular weight excluding hydrogens is 628 g/mol. The highest BCUT2D eigenvalue weighted by Gasteiger charge is 2.44. The quantitative estimate of drug-likeness (QED) is 0.143. The fourth-order valence-electron chi connectivity index (χ4n) is 5.76. The minimum absolute atomic E-state index is 0.190. The largest absolute Gasteiger partial charge is 0.504 e. The van der Waals surface area contributed by atoms with Crippen molar-refractivity contribution in [1.29, 1.82) is 0 Å².